The molecule has 0 saturated carbocycles. The zero-order valence-electron chi connectivity index (χ0n) is 10.3. The van der Waals surface area contributed by atoms with E-state index in [2.05, 4.69) is 5.32 Å². The molecule has 0 bridgehead atoms. The lowest BCUT2D eigenvalue weighted by Gasteiger charge is -2.27. The molecule has 6 nitrogen and oxygen atoms in total. The summed E-state index contributed by atoms with van der Waals surface area (Å²) in [5, 5.41) is 14.0. The number of carbonyl (C=O) groups is 1. The van der Waals surface area contributed by atoms with Crippen LogP contribution in [0.25, 0.3) is 0 Å². The number of hydrogen-bond donors (Lipinski definition) is 1. The largest absolute Gasteiger partial charge is 0.340 e. The number of nitrogens with one attached hydrogen (secondary N) is 1. The molecule has 0 radical (unpaired) electrons. The summed E-state index contributed by atoms with van der Waals surface area (Å²) < 4.78 is 0. The highest BCUT2D eigenvalue weighted by atomic mass is 35.5. The molecule has 1 fully saturated rings. The highest BCUT2D eigenvalue weighted by molar-refractivity contribution is 6.31. The molecule has 1 saturated heterocycles. The van der Waals surface area contributed by atoms with Gasteiger partial charge in [-0.05, 0) is 5.56 Å². The molecule has 1 heterocycles. The van der Waals surface area contributed by atoms with E-state index < -0.39 is 4.92 Å². The summed E-state index contributed by atoms with van der Waals surface area (Å²) in [6.07, 6.45) is 0.177. The molecule has 1 aliphatic heterocycles. The Morgan fingerprint density at radius 2 is 2.11 bits per heavy atom. The maximum atomic E-state index is 12.0. The molecule has 1 aromatic rings. The number of non-ortho nitro benzene ring substituents is 1. The maximum absolute atomic E-state index is 12.0. The van der Waals surface area contributed by atoms with Crippen LogP contribution in [0.1, 0.15) is 5.56 Å². The molecule has 0 aliphatic carbocycles. The van der Waals surface area contributed by atoms with Gasteiger partial charge in [0.15, 0.2) is 0 Å². The Bertz CT molecular complexity index is 501. The third-order valence-electron chi connectivity index (χ3n) is 3.06. The first-order valence-electron chi connectivity index (χ1n) is 5.99. The van der Waals surface area contributed by atoms with Gasteiger partial charge in [0.25, 0.3) is 5.69 Å². The van der Waals surface area contributed by atoms with E-state index >= 15 is 0 Å². The Morgan fingerprint density at radius 1 is 1.42 bits per heavy atom. The van der Waals surface area contributed by atoms with Crippen LogP contribution in [0.3, 0.4) is 0 Å². The van der Waals surface area contributed by atoms with E-state index in [9.17, 15) is 14.9 Å². The van der Waals surface area contributed by atoms with E-state index in [1.54, 1.807) is 11.0 Å². The molecule has 2 rings (SSSR count). The lowest BCUT2D eigenvalue weighted by atomic mass is 10.1. The summed E-state index contributed by atoms with van der Waals surface area (Å²) in [5.41, 5.74) is 0.555. The average Bonchev–Trinajstić information content (AvgIpc) is 2.41. The summed E-state index contributed by atoms with van der Waals surface area (Å²) in [4.78, 5) is 23.9. The van der Waals surface area contributed by atoms with Crippen molar-refractivity contribution < 1.29 is 9.72 Å². The number of hydrogen-bond acceptors (Lipinski definition) is 4. The number of nitrogens with zero attached hydrogens (tertiary/aromatic N) is 2. The number of piperazine rings is 1. The van der Waals surface area contributed by atoms with Crippen LogP contribution in [-0.2, 0) is 11.2 Å². The summed E-state index contributed by atoms with van der Waals surface area (Å²) in [6.45, 7) is 2.95. The van der Waals surface area contributed by atoms with E-state index in [-0.39, 0.29) is 23.0 Å². The minimum absolute atomic E-state index is 0.00254. The van der Waals surface area contributed by atoms with Crippen LogP contribution in [-0.4, -0.2) is 41.9 Å². The van der Waals surface area contributed by atoms with Crippen LogP contribution in [0.4, 0.5) is 5.69 Å². The molecular formula is C12H14ClN3O3. The van der Waals surface area contributed by atoms with Gasteiger partial charge >= 0.3 is 0 Å². The van der Waals surface area contributed by atoms with Gasteiger partial charge in [-0.2, -0.15) is 0 Å². The second-order valence-electron chi connectivity index (χ2n) is 4.34. The maximum Gasteiger partial charge on any atom is 0.270 e. The number of carbonyl (C=O) groups excluding carboxylic acids is 1. The molecule has 0 unspecified atom stereocenters. The van der Waals surface area contributed by atoms with Crippen molar-refractivity contribution in [2.75, 3.05) is 26.2 Å². The minimum atomic E-state index is -0.506. The Balaban J connectivity index is 2.06. The van der Waals surface area contributed by atoms with Gasteiger partial charge in [0.05, 0.1) is 16.4 Å². The molecule has 0 spiro atoms. The Kier molecular flexibility index (Phi) is 4.34. The molecule has 1 amide bonds. The van der Waals surface area contributed by atoms with Crippen LogP contribution >= 0.6 is 11.6 Å². The Labute approximate surface area is 115 Å². The zero-order valence-corrected chi connectivity index (χ0v) is 11.0. The topological polar surface area (TPSA) is 75.5 Å². The fourth-order valence-corrected chi connectivity index (χ4v) is 2.22. The number of benzene rings is 1. The molecule has 1 aromatic carbocycles. The first-order valence-corrected chi connectivity index (χ1v) is 6.37. The molecule has 19 heavy (non-hydrogen) atoms. The van der Waals surface area contributed by atoms with Gasteiger partial charge < -0.3 is 10.2 Å². The minimum Gasteiger partial charge on any atom is -0.340 e. The number of rotatable bonds is 3. The highest BCUT2D eigenvalue weighted by Crippen LogP contribution is 2.23. The SMILES string of the molecule is O=C(Cc1ccc([N+](=O)[O-])cc1Cl)N1CCNCC1. The van der Waals surface area contributed by atoms with Crippen LogP contribution in [0.15, 0.2) is 18.2 Å². The van der Waals surface area contributed by atoms with Gasteiger partial charge in [-0.3, -0.25) is 14.9 Å². The lowest BCUT2D eigenvalue weighted by molar-refractivity contribution is -0.384. The summed E-state index contributed by atoms with van der Waals surface area (Å²) in [6, 6.07) is 4.19. The molecule has 0 aromatic heterocycles. The average molecular weight is 284 g/mol. The third kappa shape index (κ3) is 3.42. The standard InChI is InChI=1S/C12H14ClN3O3/c13-11-8-10(16(18)19)2-1-9(11)7-12(17)15-5-3-14-4-6-15/h1-2,8,14H,3-7H2. The van der Waals surface area contributed by atoms with E-state index in [1.807, 2.05) is 0 Å². The van der Waals surface area contributed by atoms with Crippen LogP contribution < -0.4 is 5.32 Å². The first-order chi connectivity index (χ1) is 9.08. The number of amides is 1. The van der Waals surface area contributed by atoms with Crippen molar-refractivity contribution in [2.24, 2.45) is 0 Å². The second-order valence-corrected chi connectivity index (χ2v) is 4.75. The summed E-state index contributed by atoms with van der Waals surface area (Å²) in [7, 11) is 0. The Morgan fingerprint density at radius 3 is 2.68 bits per heavy atom. The summed E-state index contributed by atoms with van der Waals surface area (Å²) >= 11 is 5.97. The fraction of sp³-hybridized carbons (Fsp3) is 0.417. The monoisotopic (exact) mass is 283 g/mol. The van der Waals surface area contributed by atoms with E-state index in [0.29, 0.717) is 18.7 Å². The zero-order chi connectivity index (χ0) is 13.8. The molecule has 102 valence electrons. The van der Waals surface area contributed by atoms with Gasteiger partial charge in [-0.15, -0.1) is 0 Å². The fourth-order valence-electron chi connectivity index (χ4n) is 1.98. The molecule has 0 atom stereocenters. The predicted octanol–water partition coefficient (Wildman–Crippen LogP) is 1.22. The van der Waals surface area contributed by atoms with Gasteiger partial charge in [-0.25, -0.2) is 0 Å². The quantitative estimate of drug-likeness (QED) is 0.668. The first kappa shape index (κ1) is 13.8. The highest BCUT2D eigenvalue weighted by Gasteiger charge is 2.18. The third-order valence-corrected chi connectivity index (χ3v) is 3.41. The smallest absolute Gasteiger partial charge is 0.270 e. The van der Waals surface area contributed by atoms with Gasteiger partial charge in [0.2, 0.25) is 5.91 Å². The Hall–Kier alpha value is -1.66. The van der Waals surface area contributed by atoms with Crippen molar-refractivity contribution in [1.82, 2.24) is 10.2 Å². The second kappa shape index (κ2) is 5.99. The molecular weight excluding hydrogens is 270 g/mol. The normalized spacial score (nSPS) is 15.3. The number of halogens is 1. The van der Waals surface area contributed by atoms with Gasteiger partial charge in [0.1, 0.15) is 0 Å². The van der Waals surface area contributed by atoms with Crippen LogP contribution in [0.5, 0.6) is 0 Å². The number of nitro benzene ring substituents is 1. The van der Waals surface area contributed by atoms with Crippen molar-refractivity contribution in [2.45, 2.75) is 6.42 Å². The van der Waals surface area contributed by atoms with Crippen molar-refractivity contribution in [3.63, 3.8) is 0 Å². The van der Waals surface area contributed by atoms with Crippen LogP contribution in [0, 0.1) is 10.1 Å². The van der Waals surface area contributed by atoms with Gasteiger partial charge in [-0.1, -0.05) is 17.7 Å². The van der Waals surface area contributed by atoms with Crippen molar-refractivity contribution in [3.05, 3.63) is 38.9 Å². The van der Waals surface area contributed by atoms with Crippen LogP contribution in [0.2, 0.25) is 5.02 Å². The van der Waals surface area contributed by atoms with Gasteiger partial charge in [0, 0.05) is 38.3 Å². The van der Waals surface area contributed by atoms with Crippen molar-refractivity contribution in [1.29, 1.82) is 0 Å². The van der Waals surface area contributed by atoms with E-state index in [0.717, 1.165) is 13.1 Å². The van der Waals surface area contributed by atoms with E-state index in [1.165, 1.54) is 12.1 Å². The van der Waals surface area contributed by atoms with Crippen molar-refractivity contribution >= 4 is 23.2 Å². The molecule has 1 aliphatic rings. The van der Waals surface area contributed by atoms with Crippen molar-refractivity contribution in [3.8, 4) is 0 Å². The summed E-state index contributed by atoms with van der Waals surface area (Å²) in [5.74, 6) is -0.00254. The predicted molar refractivity (Wildman–Crippen MR) is 71.3 cm³/mol. The number of nitro groups is 1. The molecule has 1 N–H and O–H groups in total. The molecule has 7 heteroatoms. The lowest BCUT2D eigenvalue weighted by Crippen LogP contribution is -2.46. The van der Waals surface area contributed by atoms with E-state index in [4.69, 9.17) is 11.6 Å².